The van der Waals surface area contributed by atoms with Crippen LogP contribution in [0.2, 0.25) is 0 Å². The fourth-order valence-corrected chi connectivity index (χ4v) is 5.57. The summed E-state index contributed by atoms with van der Waals surface area (Å²) in [6.07, 6.45) is 1.37. The predicted octanol–water partition coefficient (Wildman–Crippen LogP) is 6.39. The lowest BCUT2D eigenvalue weighted by atomic mass is 9.93. The molecule has 2 aliphatic heterocycles. The predicted molar refractivity (Wildman–Crippen MR) is 151 cm³/mol. The summed E-state index contributed by atoms with van der Waals surface area (Å²) in [6, 6.07) is 9.38. The van der Waals surface area contributed by atoms with E-state index in [0.717, 1.165) is 41.9 Å². The number of H-pyrrole nitrogens is 1. The number of piperidine rings is 1. The van der Waals surface area contributed by atoms with Crippen LogP contribution in [0.1, 0.15) is 42.5 Å². The average Bonchev–Trinajstić information content (AvgIpc) is 3.45. The SMILES string of the molecule is C[C@H]1c2cc(Oc3ccnc4[nH]ccc34)ccc2CCN1C(=O)Nc1cc(C(F)(F)F)c(OC2CCN(C)CC2)cn1. The number of nitrogens with zero attached hydrogens (tertiary/aromatic N) is 4. The van der Waals surface area contributed by atoms with Crippen LogP contribution >= 0.6 is 0 Å². The molecule has 1 atom stereocenters. The van der Waals surface area contributed by atoms with E-state index in [1.807, 2.05) is 38.2 Å². The molecular weight excluding hydrogens is 549 g/mol. The molecule has 2 N–H and O–H groups in total. The maximum Gasteiger partial charge on any atom is 0.420 e. The first-order valence-electron chi connectivity index (χ1n) is 13.9. The van der Waals surface area contributed by atoms with Crippen molar-refractivity contribution in [2.75, 3.05) is 32.0 Å². The van der Waals surface area contributed by atoms with Crippen LogP contribution in [0.3, 0.4) is 0 Å². The summed E-state index contributed by atoms with van der Waals surface area (Å²) in [7, 11) is 1.97. The summed E-state index contributed by atoms with van der Waals surface area (Å²) < 4.78 is 53.8. The van der Waals surface area contributed by atoms with E-state index < -0.39 is 17.8 Å². The molecule has 0 aliphatic carbocycles. The summed E-state index contributed by atoms with van der Waals surface area (Å²) in [4.78, 5) is 28.4. The lowest BCUT2D eigenvalue weighted by Crippen LogP contribution is -2.41. The smallest absolute Gasteiger partial charge is 0.420 e. The highest BCUT2D eigenvalue weighted by Crippen LogP contribution is 2.39. The maximum absolute atomic E-state index is 14.0. The zero-order valence-corrected chi connectivity index (χ0v) is 23.2. The largest absolute Gasteiger partial charge is 0.488 e. The second-order valence-corrected chi connectivity index (χ2v) is 10.7. The van der Waals surface area contributed by atoms with Crippen molar-refractivity contribution in [2.24, 2.45) is 0 Å². The first-order chi connectivity index (χ1) is 20.2. The van der Waals surface area contributed by atoms with Gasteiger partial charge >= 0.3 is 12.2 Å². The number of carbonyl (C=O) groups is 1. The highest BCUT2D eigenvalue weighted by molar-refractivity contribution is 5.89. The van der Waals surface area contributed by atoms with Gasteiger partial charge in [0.2, 0.25) is 0 Å². The topological polar surface area (TPSA) is 95.6 Å². The molecule has 1 fully saturated rings. The minimum absolute atomic E-state index is 0.189. The summed E-state index contributed by atoms with van der Waals surface area (Å²) in [6.45, 7) is 3.78. The van der Waals surface area contributed by atoms with Crippen LogP contribution in [0.25, 0.3) is 11.0 Å². The summed E-state index contributed by atoms with van der Waals surface area (Å²) in [5.41, 5.74) is 1.73. The number of aromatic nitrogens is 3. The molecule has 0 radical (unpaired) electrons. The van der Waals surface area contributed by atoms with Gasteiger partial charge < -0.3 is 24.3 Å². The van der Waals surface area contributed by atoms with E-state index in [-0.39, 0.29) is 23.7 Å². The van der Waals surface area contributed by atoms with Crippen molar-refractivity contribution in [3.63, 3.8) is 0 Å². The van der Waals surface area contributed by atoms with Crippen molar-refractivity contribution in [2.45, 2.75) is 44.5 Å². The highest BCUT2D eigenvalue weighted by atomic mass is 19.4. The van der Waals surface area contributed by atoms with E-state index in [4.69, 9.17) is 9.47 Å². The molecule has 220 valence electrons. The minimum Gasteiger partial charge on any atom is -0.488 e. The Hall–Kier alpha value is -4.32. The Bertz CT molecular complexity index is 1600. The van der Waals surface area contributed by atoms with Crippen LogP contribution in [-0.4, -0.2) is 63.6 Å². The zero-order chi connectivity index (χ0) is 29.4. The lowest BCUT2D eigenvalue weighted by molar-refractivity contribution is -0.139. The Morgan fingerprint density at radius 1 is 1.07 bits per heavy atom. The molecule has 1 saturated heterocycles. The van der Waals surface area contributed by atoms with Crippen LogP contribution in [-0.2, 0) is 12.6 Å². The molecule has 2 amide bonds. The van der Waals surface area contributed by atoms with Crippen molar-refractivity contribution < 1.29 is 27.4 Å². The number of amides is 2. The number of pyridine rings is 2. The van der Waals surface area contributed by atoms with Crippen LogP contribution in [0.4, 0.5) is 23.8 Å². The van der Waals surface area contributed by atoms with Gasteiger partial charge in [0.05, 0.1) is 17.6 Å². The van der Waals surface area contributed by atoms with Crippen LogP contribution in [0, 0.1) is 0 Å². The number of nitrogens with one attached hydrogen (secondary N) is 2. The van der Waals surface area contributed by atoms with Gasteiger partial charge in [0.15, 0.2) is 0 Å². The molecule has 2 aliphatic rings. The van der Waals surface area contributed by atoms with Gasteiger partial charge in [-0.15, -0.1) is 0 Å². The molecular formula is C30H31F3N6O3. The number of halogens is 3. The number of anilines is 1. The minimum atomic E-state index is -4.67. The van der Waals surface area contributed by atoms with E-state index in [1.54, 1.807) is 23.4 Å². The van der Waals surface area contributed by atoms with Gasteiger partial charge in [0.1, 0.15) is 40.4 Å². The summed E-state index contributed by atoms with van der Waals surface area (Å²) >= 11 is 0. The molecule has 5 heterocycles. The standard InChI is InChI=1S/C30H31F3N6O3/c1-18-23-15-21(42-25-6-11-35-28-22(25)5-10-34-28)4-3-19(23)7-14-39(18)29(40)37-27-16-24(30(31,32)33)26(17-36-27)41-20-8-12-38(2)13-9-20/h3-6,10-11,15-18,20H,7-9,12-14H2,1-2H3,(H,34,35)(H,36,37,40)/t18-/m0/s1. The van der Waals surface area contributed by atoms with Gasteiger partial charge in [-0.25, -0.2) is 14.8 Å². The fourth-order valence-electron chi connectivity index (χ4n) is 5.57. The molecule has 0 unspecified atom stereocenters. The number of benzene rings is 1. The van der Waals surface area contributed by atoms with Crippen molar-refractivity contribution in [1.82, 2.24) is 24.8 Å². The Morgan fingerprint density at radius 3 is 2.67 bits per heavy atom. The van der Waals surface area contributed by atoms with Gasteiger partial charge in [-0.2, -0.15) is 13.2 Å². The van der Waals surface area contributed by atoms with Crippen LogP contribution in [0.5, 0.6) is 17.2 Å². The molecule has 0 saturated carbocycles. The van der Waals surface area contributed by atoms with Crippen LogP contribution < -0.4 is 14.8 Å². The number of rotatable bonds is 5. The second-order valence-electron chi connectivity index (χ2n) is 10.7. The first kappa shape index (κ1) is 27.8. The third-order valence-corrected chi connectivity index (χ3v) is 7.93. The number of ether oxygens (including phenoxy) is 2. The third kappa shape index (κ3) is 5.71. The molecule has 3 aromatic heterocycles. The molecule has 0 bridgehead atoms. The number of hydrogen-bond donors (Lipinski definition) is 2. The van der Waals surface area contributed by atoms with Gasteiger partial charge in [-0.3, -0.25) is 5.32 Å². The first-order valence-corrected chi connectivity index (χ1v) is 13.9. The van der Waals surface area contributed by atoms with Gasteiger partial charge in [-0.1, -0.05) is 6.07 Å². The summed E-state index contributed by atoms with van der Waals surface area (Å²) in [5, 5.41) is 3.41. The van der Waals surface area contributed by atoms with Crippen LogP contribution in [0.15, 0.2) is 55.0 Å². The van der Waals surface area contributed by atoms with Gasteiger partial charge in [-0.05, 0) is 74.7 Å². The van der Waals surface area contributed by atoms with Crippen molar-refractivity contribution >= 4 is 22.9 Å². The lowest BCUT2D eigenvalue weighted by Gasteiger charge is -2.35. The number of likely N-dealkylation sites (tertiary alicyclic amines) is 1. The monoisotopic (exact) mass is 580 g/mol. The molecule has 1 aromatic carbocycles. The van der Waals surface area contributed by atoms with Gasteiger partial charge in [0, 0.05) is 32.0 Å². The number of aromatic amines is 1. The number of hydrogen-bond acceptors (Lipinski definition) is 6. The van der Waals surface area contributed by atoms with Crippen molar-refractivity contribution in [3.05, 3.63) is 71.7 Å². The second kappa shape index (κ2) is 11.2. The van der Waals surface area contributed by atoms with E-state index in [1.165, 1.54) is 0 Å². The zero-order valence-electron chi connectivity index (χ0n) is 23.2. The number of carbonyl (C=O) groups excluding carboxylic acids is 1. The highest BCUT2D eigenvalue weighted by Gasteiger charge is 2.37. The molecule has 9 nitrogen and oxygen atoms in total. The molecule has 0 spiro atoms. The van der Waals surface area contributed by atoms with E-state index in [2.05, 4.69) is 25.2 Å². The number of alkyl halides is 3. The van der Waals surface area contributed by atoms with E-state index in [9.17, 15) is 18.0 Å². The van der Waals surface area contributed by atoms with Crippen molar-refractivity contribution in [3.8, 4) is 17.2 Å². The number of fused-ring (bicyclic) bond motifs is 2. The Morgan fingerprint density at radius 2 is 1.88 bits per heavy atom. The Balaban J connectivity index is 1.17. The summed E-state index contributed by atoms with van der Waals surface area (Å²) in [5.74, 6) is 0.739. The maximum atomic E-state index is 14.0. The van der Waals surface area contributed by atoms with E-state index in [0.29, 0.717) is 43.0 Å². The normalized spacial score (nSPS) is 18.1. The number of urea groups is 1. The average molecular weight is 581 g/mol. The molecule has 6 rings (SSSR count). The molecule has 12 heteroatoms. The van der Waals surface area contributed by atoms with Crippen molar-refractivity contribution in [1.29, 1.82) is 0 Å². The fraction of sp³-hybridized carbons (Fsp3) is 0.367. The molecule has 42 heavy (non-hydrogen) atoms. The molecule has 4 aromatic rings. The Labute approximate surface area is 240 Å². The Kier molecular flexibility index (Phi) is 7.40. The van der Waals surface area contributed by atoms with Gasteiger partial charge in [0.25, 0.3) is 0 Å². The quantitative estimate of drug-likeness (QED) is 0.284. The third-order valence-electron chi connectivity index (χ3n) is 7.93. The van der Waals surface area contributed by atoms with E-state index >= 15 is 0 Å².